The molecule has 1 nitrogen and oxygen atoms in total. The summed E-state index contributed by atoms with van der Waals surface area (Å²) in [6, 6.07) is 10.9. The topological polar surface area (TPSA) is 12.0 Å². The molecule has 1 aromatic heterocycles. The monoisotopic (exact) mass is 387 g/mol. The van der Waals surface area contributed by atoms with Crippen LogP contribution in [0.1, 0.15) is 28.3 Å². The standard InChI is InChI=1S/C14H15Br2NS/c1-9(12-5-3-4-6-13(12)15)17-8-11-7-14(16)10(2)18-11/h3-7,9,17H,8H2,1-2H3/t9-/m1/s1. The summed E-state index contributed by atoms with van der Waals surface area (Å²) in [6.45, 7) is 5.23. The lowest BCUT2D eigenvalue weighted by Gasteiger charge is -2.15. The van der Waals surface area contributed by atoms with E-state index < -0.39 is 0 Å². The number of hydrogen-bond acceptors (Lipinski definition) is 2. The van der Waals surface area contributed by atoms with E-state index in [0.29, 0.717) is 6.04 Å². The zero-order valence-corrected chi connectivity index (χ0v) is 14.3. The van der Waals surface area contributed by atoms with Gasteiger partial charge in [-0.25, -0.2) is 0 Å². The maximum Gasteiger partial charge on any atom is 0.0314 e. The van der Waals surface area contributed by atoms with Gasteiger partial charge in [-0.1, -0.05) is 34.1 Å². The minimum Gasteiger partial charge on any atom is -0.305 e. The van der Waals surface area contributed by atoms with Crippen LogP contribution >= 0.6 is 43.2 Å². The summed E-state index contributed by atoms with van der Waals surface area (Å²) in [5, 5.41) is 3.56. The summed E-state index contributed by atoms with van der Waals surface area (Å²) < 4.78 is 2.37. The van der Waals surface area contributed by atoms with Crippen LogP contribution in [0.4, 0.5) is 0 Å². The van der Waals surface area contributed by atoms with E-state index in [4.69, 9.17) is 0 Å². The first-order valence-electron chi connectivity index (χ1n) is 5.80. The largest absolute Gasteiger partial charge is 0.305 e. The highest BCUT2D eigenvalue weighted by atomic mass is 79.9. The molecule has 0 unspecified atom stereocenters. The second-order valence-electron chi connectivity index (χ2n) is 4.24. The van der Waals surface area contributed by atoms with Crippen LogP contribution in [-0.4, -0.2) is 0 Å². The van der Waals surface area contributed by atoms with Crippen LogP contribution in [0.2, 0.25) is 0 Å². The lowest BCUT2D eigenvalue weighted by Crippen LogP contribution is -2.17. The molecule has 1 aromatic carbocycles. The Hall–Kier alpha value is -0.160. The van der Waals surface area contributed by atoms with Gasteiger partial charge in [0.2, 0.25) is 0 Å². The molecule has 0 spiro atoms. The Labute approximate surface area is 129 Å². The molecule has 0 aliphatic rings. The second-order valence-corrected chi connectivity index (χ2v) is 7.29. The van der Waals surface area contributed by atoms with E-state index in [1.807, 2.05) is 17.4 Å². The van der Waals surface area contributed by atoms with Crippen molar-refractivity contribution < 1.29 is 0 Å². The smallest absolute Gasteiger partial charge is 0.0314 e. The first-order chi connectivity index (χ1) is 8.58. The third-order valence-electron chi connectivity index (χ3n) is 2.86. The van der Waals surface area contributed by atoms with E-state index in [2.05, 4.69) is 75.3 Å². The molecule has 0 fully saturated rings. The Morgan fingerprint density at radius 2 is 1.94 bits per heavy atom. The van der Waals surface area contributed by atoms with Crippen molar-refractivity contribution in [1.82, 2.24) is 5.32 Å². The number of rotatable bonds is 4. The normalized spacial score (nSPS) is 12.7. The van der Waals surface area contributed by atoms with E-state index in [1.54, 1.807) is 0 Å². The molecule has 0 radical (unpaired) electrons. The summed E-state index contributed by atoms with van der Waals surface area (Å²) in [5.74, 6) is 0. The fraction of sp³-hybridized carbons (Fsp3) is 0.286. The van der Waals surface area contributed by atoms with Gasteiger partial charge >= 0.3 is 0 Å². The van der Waals surface area contributed by atoms with Crippen molar-refractivity contribution in [2.75, 3.05) is 0 Å². The molecule has 0 saturated heterocycles. The molecule has 0 saturated carbocycles. The predicted molar refractivity (Wildman–Crippen MR) is 86.2 cm³/mol. The van der Waals surface area contributed by atoms with Gasteiger partial charge in [-0.3, -0.25) is 0 Å². The van der Waals surface area contributed by atoms with Crippen molar-refractivity contribution >= 4 is 43.2 Å². The van der Waals surface area contributed by atoms with Crippen LogP contribution in [-0.2, 0) is 6.54 Å². The molecule has 0 bridgehead atoms. The van der Waals surface area contributed by atoms with Crippen molar-refractivity contribution in [2.24, 2.45) is 0 Å². The van der Waals surface area contributed by atoms with Gasteiger partial charge in [0.15, 0.2) is 0 Å². The first kappa shape index (κ1) is 14.3. The third kappa shape index (κ3) is 3.44. The van der Waals surface area contributed by atoms with E-state index >= 15 is 0 Å². The Morgan fingerprint density at radius 3 is 2.56 bits per heavy atom. The van der Waals surface area contributed by atoms with Crippen molar-refractivity contribution in [3.63, 3.8) is 0 Å². The van der Waals surface area contributed by atoms with Gasteiger partial charge < -0.3 is 5.32 Å². The Balaban J connectivity index is 2.00. The molecular formula is C14H15Br2NS. The van der Waals surface area contributed by atoms with Crippen LogP contribution in [0.3, 0.4) is 0 Å². The van der Waals surface area contributed by atoms with Crippen molar-refractivity contribution in [1.29, 1.82) is 0 Å². The maximum absolute atomic E-state index is 3.59. The van der Waals surface area contributed by atoms with Gasteiger partial charge in [-0.05, 0) is 47.5 Å². The van der Waals surface area contributed by atoms with E-state index in [0.717, 1.165) is 11.0 Å². The number of thiophene rings is 1. The SMILES string of the molecule is Cc1sc(CN[C@H](C)c2ccccc2Br)cc1Br. The lowest BCUT2D eigenvalue weighted by atomic mass is 10.1. The molecule has 2 aromatic rings. The molecule has 18 heavy (non-hydrogen) atoms. The van der Waals surface area contributed by atoms with Gasteiger partial charge in [0.25, 0.3) is 0 Å². The number of benzene rings is 1. The molecule has 0 aliphatic heterocycles. The van der Waals surface area contributed by atoms with Crippen molar-refractivity contribution in [3.05, 3.63) is 54.6 Å². The number of nitrogens with one attached hydrogen (secondary N) is 1. The molecule has 1 heterocycles. The van der Waals surface area contributed by atoms with Gasteiger partial charge in [0, 0.05) is 31.3 Å². The number of hydrogen-bond donors (Lipinski definition) is 1. The van der Waals surface area contributed by atoms with Crippen molar-refractivity contribution in [3.8, 4) is 0 Å². The molecule has 2 rings (SSSR count). The molecule has 0 aliphatic carbocycles. The highest BCUT2D eigenvalue weighted by Gasteiger charge is 2.09. The molecule has 1 atom stereocenters. The number of aryl methyl sites for hydroxylation is 1. The molecule has 0 amide bonds. The summed E-state index contributed by atoms with van der Waals surface area (Å²) in [5.41, 5.74) is 1.30. The molecule has 96 valence electrons. The zero-order chi connectivity index (χ0) is 13.1. The predicted octanol–water partition coefficient (Wildman–Crippen LogP) is 5.43. The highest BCUT2D eigenvalue weighted by Crippen LogP contribution is 2.27. The zero-order valence-electron chi connectivity index (χ0n) is 10.3. The summed E-state index contributed by atoms with van der Waals surface area (Å²) in [6.07, 6.45) is 0. The molecular weight excluding hydrogens is 374 g/mol. The van der Waals surface area contributed by atoms with E-state index in [1.165, 1.54) is 19.8 Å². The van der Waals surface area contributed by atoms with Crippen LogP contribution in [0.15, 0.2) is 39.3 Å². The van der Waals surface area contributed by atoms with E-state index in [9.17, 15) is 0 Å². The van der Waals surface area contributed by atoms with E-state index in [-0.39, 0.29) is 0 Å². The fourth-order valence-electron chi connectivity index (χ4n) is 1.79. The van der Waals surface area contributed by atoms with Crippen LogP contribution in [0.25, 0.3) is 0 Å². The average molecular weight is 389 g/mol. The molecule has 4 heteroatoms. The van der Waals surface area contributed by atoms with Gasteiger partial charge in [0.05, 0.1) is 0 Å². The van der Waals surface area contributed by atoms with Crippen LogP contribution in [0.5, 0.6) is 0 Å². The highest BCUT2D eigenvalue weighted by molar-refractivity contribution is 9.10. The summed E-state index contributed by atoms with van der Waals surface area (Å²) >= 11 is 8.98. The molecule has 1 N–H and O–H groups in total. The minimum atomic E-state index is 0.335. The van der Waals surface area contributed by atoms with Crippen LogP contribution in [0, 0.1) is 6.92 Å². The second kappa shape index (κ2) is 6.33. The van der Waals surface area contributed by atoms with Gasteiger partial charge in [-0.2, -0.15) is 0 Å². The Kier molecular flexibility index (Phi) is 5.01. The summed E-state index contributed by atoms with van der Waals surface area (Å²) in [4.78, 5) is 2.69. The lowest BCUT2D eigenvalue weighted by molar-refractivity contribution is 0.577. The Morgan fingerprint density at radius 1 is 1.22 bits per heavy atom. The first-order valence-corrected chi connectivity index (χ1v) is 8.21. The quantitative estimate of drug-likeness (QED) is 0.735. The van der Waals surface area contributed by atoms with Gasteiger partial charge in [0.1, 0.15) is 0 Å². The minimum absolute atomic E-state index is 0.335. The number of halogens is 2. The Bertz CT molecular complexity index is 517. The third-order valence-corrected chi connectivity index (χ3v) is 5.72. The summed E-state index contributed by atoms with van der Waals surface area (Å²) in [7, 11) is 0. The fourth-order valence-corrected chi connectivity index (χ4v) is 3.98. The maximum atomic E-state index is 3.59. The van der Waals surface area contributed by atoms with Crippen LogP contribution < -0.4 is 5.32 Å². The van der Waals surface area contributed by atoms with Gasteiger partial charge in [-0.15, -0.1) is 11.3 Å². The average Bonchev–Trinajstić information content (AvgIpc) is 2.66. The van der Waals surface area contributed by atoms with Crippen molar-refractivity contribution in [2.45, 2.75) is 26.4 Å².